The number of carbonyl (C=O) groups is 1. The van der Waals surface area contributed by atoms with Gasteiger partial charge in [-0.1, -0.05) is 27.5 Å². The van der Waals surface area contributed by atoms with Crippen molar-refractivity contribution in [3.05, 3.63) is 33.3 Å². The molecule has 0 saturated carbocycles. The van der Waals surface area contributed by atoms with E-state index in [1.807, 2.05) is 6.07 Å². The molecule has 0 aliphatic carbocycles. The zero-order valence-corrected chi connectivity index (χ0v) is 15.1. The number of hydrogen-bond donors (Lipinski definition) is 0. The molecule has 21 heavy (non-hydrogen) atoms. The highest BCUT2D eigenvalue weighted by Crippen LogP contribution is 2.23. The van der Waals surface area contributed by atoms with Crippen LogP contribution >= 0.6 is 27.5 Å². The molecule has 116 valence electrons. The van der Waals surface area contributed by atoms with Crippen LogP contribution in [0.15, 0.2) is 22.7 Å². The van der Waals surface area contributed by atoms with Crippen LogP contribution in [0.5, 0.6) is 0 Å². The number of piperazine rings is 1. The molecule has 2 rings (SSSR count). The summed E-state index contributed by atoms with van der Waals surface area (Å²) >= 11 is 9.50. The SMILES string of the molecule is CC1CN(CCC(=O)c2ccc(Br)cc2Cl)CC(C)N1C. The highest BCUT2D eigenvalue weighted by Gasteiger charge is 2.26. The summed E-state index contributed by atoms with van der Waals surface area (Å²) in [5.41, 5.74) is 0.620. The Labute approximate surface area is 140 Å². The van der Waals surface area contributed by atoms with E-state index < -0.39 is 0 Å². The number of ketones is 1. The van der Waals surface area contributed by atoms with Crippen molar-refractivity contribution in [2.75, 3.05) is 26.7 Å². The van der Waals surface area contributed by atoms with Crippen molar-refractivity contribution in [1.82, 2.24) is 9.80 Å². The smallest absolute Gasteiger partial charge is 0.165 e. The van der Waals surface area contributed by atoms with Gasteiger partial charge < -0.3 is 0 Å². The summed E-state index contributed by atoms with van der Waals surface area (Å²) in [6.07, 6.45) is 0.518. The van der Waals surface area contributed by atoms with Crippen LogP contribution in [0.4, 0.5) is 0 Å². The van der Waals surface area contributed by atoms with Crippen LogP contribution in [-0.4, -0.2) is 54.3 Å². The molecule has 1 heterocycles. The molecule has 0 bridgehead atoms. The molecule has 1 saturated heterocycles. The van der Waals surface area contributed by atoms with Gasteiger partial charge in [-0.25, -0.2) is 0 Å². The summed E-state index contributed by atoms with van der Waals surface area (Å²) in [6.45, 7) is 7.30. The zero-order valence-electron chi connectivity index (χ0n) is 12.8. The number of carbonyl (C=O) groups excluding carboxylic acids is 1. The largest absolute Gasteiger partial charge is 0.300 e. The Morgan fingerprint density at radius 2 is 1.95 bits per heavy atom. The van der Waals surface area contributed by atoms with Gasteiger partial charge in [0.1, 0.15) is 0 Å². The van der Waals surface area contributed by atoms with Crippen molar-refractivity contribution in [1.29, 1.82) is 0 Å². The Hall–Kier alpha value is -0.420. The lowest BCUT2D eigenvalue weighted by Gasteiger charge is -2.42. The average Bonchev–Trinajstić information content (AvgIpc) is 2.42. The third-order valence-corrected chi connectivity index (χ3v) is 5.13. The summed E-state index contributed by atoms with van der Waals surface area (Å²) < 4.78 is 0.894. The number of nitrogens with zero attached hydrogens (tertiary/aromatic N) is 2. The molecule has 0 N–H and O–H groups in total. The van der Waals surface area contributed by atoms with Crippen LogP contribution in [0.2, 0.25) is 5.02 Å². The average molecular weight is 374 g/mol. The maximum atomic E-state index is 12.3. The van der Waals surface area contributed by atoms with Crippen molar-refractivity contribution in [3.63, 3.8) is 0 Å². The number of rotatable bonds is 4. The molecule has 1 aliphatic heterocycles. The lowest BCUT2D eigenvalue weighted by Crippen LogP contribution is -2.55. The van der Waals surface area contributed by atoms with Crippen LogP contribution in [0.25, 0.3) is 0 Å². The third kappa shape index (κ3) is 4.28. The van der Waals surface area contributed by atoms with Crippen LogP contribution in [0.3, 0.4) is 0 Å². The molecular formula is C16H22BrClN2O. The topological polar surface area (TPSA) is 23.6 Å². The standard InChI is InChI=1S/C16H22BrClN2O/c1-11-9-20(10-12(2)19(11)3)7-6-16(21)14-5-4-13(17)8-15(14)18/h4-5,8,11-12H,6-7,9-10H2,1-3H3. The molecule has 1 fully saturated rings. The van der Waals surface area contributed by atoms with E-state index in [0.717, 1.165) is 24.1 Å². The number of likely N-dealkylation sites (N-methyl/N-ethyl adjacent to an activating group) is 1. The molecule has 2 unspecified atom stereocenters. The van der Waals surface area contributed by atoms with Crippen LogP contribution in [-0.2, 0) is 0 Å². The number of hydrogen-bond acceptors (Lipinski definition) is 3. The van der Waals surface area contributed by atoms with Crippen LogP contribution in [0.1, 0.15) is 30.6 Å². The van der Waals surface area contributed by atoms with Crippen LogP contribution in [0, 0.1) is 0 Å². The highest BCUT2D eigenvalue weighted by molar-refractivity contribution is 9.10. The van der Waals surface area contributed by atoms with Crippen molar-refractivity contribution in [2.45, 2.75) is 32.4 Å². The van der Waals surface area contributed by atoms with E-state index in [9.17, 15) is 4.79 Å². The molecule has 2 atom stereocenters. The van der Waals surface area contributed by atoms with E-state index in [2.05, 4.69) is 46.6 Å². The van der Waals surface area contributed by atoms with E-state index in [1.165, 1.54) is 0 Å². The Kier molecular flexibility index (Phi) is 5.83. The van der Waals surface area contributed by atoms with Gasteiger partial charge in [0.25, 0.3) is 0 Å². The lowest BCUT2D eigenvalue weighted by molar-refractivity contribution is 0.0575. The van der Waals surface area contributed by atoms with Crippen molar-refractivity contribution < 1.29 is 4.79 Å². The second kappa shape index (κ2) is 7.23. The maximum absolute atomic E-state index is 12.3. The normalized spacial score (nSPS) is 24.2. The van der Waals surface area contributed by atoms with Crippen molar-refractivity contribution >= 4 is 33.3 Å². The van der Waals surface area contributed by atoms with Gasteiger partial charge in [0.05, 0.1) is 5.02 Å². The fourth-order valence-electron chi connectivity index (χ4n) is 2.81. The minimum atomic E-state index is 0.117. The summed E-state index contributed by atoms with van der Waals surface area (Å²) in [7, 11) is 2.17. The number of Topliss-reactive ketones (excluding diaryl/α,β-unsaturated/α-hetero) is 1. The molecular weight excluding hydrogens is 352 g/mol. The fourth-order valence-corrected chi connectivity index (χ4v) is 3.59. The number of benzene rings is 1. The molecule has 1 aromatic rings. The fraction of sp³-hybridized carbons (Fsp3) is 0.562. The molecule has 0 radical (unpaired) electrons. The highest BCUT2D eigenvalue weighted by atomic mass is 79.9. The Morgan fingerprint density at radius 3 is 2.52 bits per heavy atom. The summed E-state index contributed by atoms with van der Waals surface area (Å²) in [6, 6.07) is 6.48. The summed E-state index contributed by atoms with van der Waals surface area (Å²) in [5, 5.41) is 0.523. The van der Waals surface area contributed by atoms with E-state index >= 15 is 0 Å². The van der Waals surface area contributed by atoms with Gasteiger partial charge in [-0.2, -0.15) is 0 Å². The first kappa shape index (κ1) is 16.9. The van der Waals surface area contributed by atoms with Gasteiger partial charge in [-0.05, 0) is 39.1 Å². The van der Waals surface area contributed by atoms with Crippen molar-refractivity contribution in [3.8, 4) is 0 Å². The monoisotopic (exact) mass is 372 g/mol. The first-order valence-corrected chi connectivity index (χ1v) is 8.48. The van der Waals surface area contributed by atoms with E-state index in [0.29, 0.717) is 29.1 Å². The predicted octanol–water partition coefficient (Wildman–Crippen LogP) is 3.70. The molecule has 1 aromatic carbocycles. The second-order valence-electron chi connectivity index (χ2n) is 5.92. The molecule has 1 aliphatic rings. The molecule has 5 heteroatoms. The quantitative estimate of drug-likeness (QED) is 0.752. The van der Waals surface area contributed by atoms with E-state index in [4.69, 9.17) is 11.6 Å². The summed E-state index contributed by atoms with van der Waals surface area (Å²) in [4.78, 5) is 17.1. The zero-order chi connectivity index (χ0) is 15.6. The van der Waals surface area contributed by atoms with Gasteiger partial charge >= 0.3 is 0 Å². The lowest BCUT2D eigenvalue weighted by atomic mass is 10.1. The van der Waals surface area contributed by atoms with Gasteiger partial charge in [0, 0.05) is 48.2 Å². The third-order valence-electron chi connectivity index (χ3n) is 4.32. The molecule has 0 aromatic heterocycles. The molecule has 3 nitrogen and oxygen atoms in total. The minimum absolute atomic E-state index is 0.117. The number of halogens is 2. The van der Waals surface area contributed by atoms with E-state index in [1.54, 1.807) is 12.1 Å². The molecule has 0 spiro atoms. The Morgan fingerprint density at radius 1 is 1.33 bits per heavy atom. The molecule has 0 amide bonds. The van der Waals surface area contributed by atoms with Gasteiger partial charge in [0.15, 0.2) is 5.78 Å². The van der Waals surface area contributed by atoms with Crippen LogP contribution < -0.4 is 0 Å². The maximum Gasteiger partial charge on any atom is 0.165 e. The summed E-state index contributed by atoms with van der Waals surface area (Å²) in [5.74, 6) is 0.117. The Bertz CT molecular complexity index is 511. The van der Waals surface area contributed by atoms with Gasteiger partial charge in [0.2, 0.25) is 0 Å². The first-order valence-electron chi connectivity index (χ1n) is 7.31. The second-order valence-corrected chi connectivity index (χ2v) is 7.24. The van der Waals surface area contributed by atoms with Gasteiger partial charge in [-0.15, -0.1) is 0 Å². The predicted molar refractivity (Wildman–Crippen MR) is 91.2 cm³/mol. The minimum Gasteiger partial charge on any atom is -0.300 e. The van der Waals surface area contributed by atoms with Crippen molar-refractivity contribution in [2.24, 2.45) is 0 Å². The first-order chi connectivity index (χ1) is 9.88. The van der Waals surface area contributed by atoms with Gasteiger partial charge in [-0.3, -0.25) is 14.6 Å². The Balaban J connectivity index is 1.92. The van der Waals surface area contributed by atoms with E-state index in [-0.39, 0.29) is 5.78 Å².